The zero-order valence-electron chi connectivity index (χ0n) is 12.7. The van der Waals surface area contributed by atoms with Crippen molar-refractivity contribution < 1.29 is 14.3 Å². The molecule has 1 aliphatic rings. The summed E-state index contributed by atoms with van der Waals surface area (Å²) in [6.45, 7) is 5.76. The molecule has 0 radical (unpaired) electrons. The number of amides is 1. The van der Waals surface area contributed by atoms with Crippen LogP contribution >= 0.6 is 12.6 Å². The average molecular weight is 311 g/mol. The molecule has 6 nitrogen and oxygen atoms in total. The van der Waals surface area contributed by atoms with E-state index in [4.69, 9.17) is 9.47 Å². The van der Waals surface area contributed by atoms with Crippen molar-refractivity contribution in [3.05, 3.63) is 18.3 Å². The number of carbonyl (C=O) groups excluding carboxylic acids is 1. The van der Waals surface area contributed by atoms with Crippen LogP contribution in [0.15, 0.2) is 18.3 Å². The number of nitrogens with zero attached hydrogens (tertiary/aromatic N) is 2. The van der Waals surface area contributed by atoms with Crippen LogP contribution in [0, 0.1) is 0 Å². The summed E-state index contributed by atoms with van der Waals surface area (Å²) in [4.78, 5) is 18.1. The molecule has 2 rings (SSSR count). The van der Waals surface area contributed by atoms with Gasteiger partial charge in [0, 0.05) is 13.2 Å². The third-order valence-electron chi connectivity index (χ3n) is 2.96. The maximum absolute atomic E-state index is 11.9. The predicted molar refractivity (Wildman–Crippen MR) is 84.1 cm³/mol. The molecule has 0 saturated carbocycles. The molecule has 0 aromatic carbocycles. The van der Waals surface area contributed by atoms with Crippen molar-refractivity contribution in [2.45, 2.75) is 37.8 Å². The van der Waals surface area contributed by atoms with Gasteiger partial charge in [-0.3, -0.25) is 0 Å². The molecular weight excluding hydrogens is 290 g/mol. The maximum Gasteiger partial charge on any atom is 0.408 e. The Morgan fingerprint density at radius 3 is 2.95 bits per heavy atom. The number of fused-ring (bicyclic) bond motifs is 1. The molecule has 1 unspecified atom stereocenters. The van der Waals surface area contributed by atoms with E-state index in [1.165, 1.54) is 0 Å². The summed E-state index contributed by atoms with van der Waals surface area (Å²) in [5.41, 5.74) is -0.543. The van der Waals surface area contributed by atoms with Gasteiger partial charge in [0.05, 0.1) is 11.4 Å². The highest BCUT2D eigenvalue weighted by atomic mass is 32.1. The summed E-state index contributed by atoms with van der Waals surface area (Å²) < 4.78 is 11.0. The van der Waals surface area contributed by atoms with Gasteiger partial charge >= 0.3 is 6.09 Å². The van der Waals surface area contributed by atoms with Crippen LogP contribution < -0.4 is 15.0 Å². The van der Waals surface area contributed by atoms with E-state index in [9.17, 15) is 4.79 Å². The van der Waals surface area contributed by atoms with Crippen LogP contribution in [-0.4, -0.2) is 41.7 Å². The van der Waals surface area contributed by atoms with Crippen LogP contribution in [-0.2, 0) is 4.74 Å². The number of nitrogens with one attached hydrogen (secondary N) is 1. The minimum Gasteiger partial charge on any atom is -0.487 e. The smallest absolute Gasteiger partial charge is 0.408 e. The molecule has 21 heavy (non-hydrogen) atoms. The Morgan fingerprint density at radius 2 is 2.29 bits per heavy atom. The Morgan fingerprint density at radius 1 is 1.57 bits per heavy atom. The van der Waals surface area contributed by atoms with Gasteiger partial charge in [-0.15, -0.1) is 0 Å². The van der Waals surface area contributed by atoms with Gasteiger partial charge < -0.3 is 19.7 Å². The van der Waals surface area contributed by atoms with E-state index >= 15 is 0 Å². The van der Waals surface area contributed by atoms with Gasteiger partial charge in [0.2, 0.25) is 0 Å². The maximum atomic E-state index is 11.9. The fraction of sp³-hybridized carbons (Fsp3) is 0.571. The highest BCUT2D eigenvalue weighted by Crippen LogP contribution is 2.30. The summed E-state index contributed by atoms with van der Waals surface area (Å²) in [5, 5.41) is 2.53. The van der Waals surface area contributed by atoms with E-state index in [1.54, 1.807) is 6.20 Å². The van der Waals surface area contributed by atoms with Crippen LogP contribution in [0.4, 0.5) is 10.6 Å². The molecule has 1 amide bonds. The normalized spacial score (nSPS) is 21.9. The second kappa shape index (κ2) is 6.01. The summed E-state index contributed by atoms with van der Waals surface area (Å²) in [6.07, 6.45) is 1.21. The highest BCUT2D eigenvalue weighted by molar-refractivity contribution is 7.81. The number of hydrogen-bond acceptors (Lipinski definition) is 6. The lowest BCUT2D eigenvalue weighted by molar-refractivity contribution is 0.0489. The molecule has 7 heteroatoms. The fourth-order valence-corrected chi connectivity index (χ4v) is 2.27. The number of anilines is 1. The molecule has 116 valence electrons. The van der Waals surface area contributed by atoms with E-state index in [-0.39, 0.29) is 11.4 Å². The molecule has 1 aromatic heterocycles. The lowest BCUT2D eigenvalue weighted by Crippen LogP contribution is -2.51. The Kier molecular flexibility index (Phi) is 4.51. The average Bonchev–Trinajstić information content (AvgIpc) is 2.50. The van der Waals surface area contributed by atoms with E-state index < -0.39 is 11.7 Å². The first-order valence-corrected chi connectivity index (χ1v) is 7.28. The zero-order chi connectivity index (χ0) is 15.6. The van der Waals surface area contributed by atoms with E-state index in [1.807, 2.05) is 44.9 Å². The molecule has 0 aliphatic carbocycles. The predicted octanol–water partition coefficient (Wildman–Crippen LogP) is 2.06. The second-order valence-corrected chi connectivity index (χ2v) is 6.44. The minimum atomic E-state index is -0.543. The van der Waals surface area contributed by atoms with Crippen molar-refractivity contribution in [3.63, 3.8) is 0 Å². The van der Waals surface area contributed by atoms with Gasteiger partial charge in [0.15, 0.2) is 11.6 Å². The van der Waals surface area contributed by atoms with Crippen molar-refractivity contribution in [3.8, 4) is 5.75 Å². The number of hydrogen-bond donors (Lipinski definition) is 2. The molecule has 0 spiro atoms. The van der Waals surface area contributed by atoms with Gasteiger partial charge in [-0.1, -0.05) is 0 Å². The first-order chi connectivity index (χ1) is 9.78. The van der Waals surface area contributed by atoms with E-state index in [0.717, 1.165) is 0 Å². The Labute approximate surface area is 130 Å². The molecular formula is C14H21N3O3S. The highest BCUT2D eigenvalue weighted by Gasteiger charge is 2.31. The van der Waals surface area contributed by atoms with Gasteiger partial charge in [-0.2, -0.15) is 12.6 Å². The van der Waals surface area contributed by atoms with Crippen LogP contribution in [0.25, 0.3) is 0 Å². The van der Waals surface area contributed by atoms with E-state index in [0.29, 0.717) is 18.2 Å². The Bertz CT molecular complexity index is 518. The Balaban J connectivity index is 2.09. The van der Waals surface area contributed by atoms with Crippen LogP contribution in [0.2, 0.25) is 0 Å². The largest absolute Gasteiger partial charge is 0.487 e. The van der Waals surface area contributed by atoms with Gasteiger partial charge in [-0.25, -0.2) is 9.78 Å². The molecule has 0 saturated heterocycles. The molecule has 1 aliphatic heterocycles. The first-order valence-electron chi connectivity index (χ1n) is 6.76. The van der Waals surface area contributed by atoms with Gasteiger partial charge in [0.25, 0.3) is 0 Å². The third kappa shape index (κ3) is 3.93. The molecule has 1 N–H and O–H groups in total. The molecule has 0 bridgehead atoms. The lowest BCUT2D eigenvalue weighted by atomic mass is 10.2. The zero-order valence-corrected chi connectivity index (χ0v) is 13.6. The Hall–Kier alpha value is -1.63. The SMILES string of the molecule is CN1c2ncccc2OC[C@H](NC(=O)OC(C)(C)C)C1S. The van der Waals surface area contributed by atoms with Crippen molar-refractivity contribution in [2.75, 3.05) is 18.6 Å². The van der Waals surface area contributed by atoms with Crippen LogP contribution in [0.1, 0.15) is 20.8 Å². The number of aromatic nitrogens is 1. The number of ether oxygens (including phenoxy) is 2. The number of alkyl carbamates (subject to hydrolysis) is 1. The molecule has 2 heterocycles. The summed E-state index contributed by atoms with van der Waals surface area (Å²) in [5.74, 6) is 1.37. The standard InChI is InChI=1S/C14H21N3O3S/c1-14(2,3)20-13(18)16-9-8-19-10-6-5-7-15-11(10)17(4)12(9)21/h5-7,9,12,21H,8H2,1-4H3,(H,16,18)/t9-,12?/m0/s1. The summed E-state index contributed by atoms with van der Waals surface area (Å²) >= 11 is 4.57. The van der Waals surface area contributed by atoms with Crippen molar-refractivity contribution in [1.82, 2.24) is 10.3 Å². The third-order valence-corrected chi connectivity index (χ3v) is 3.67. The summed E-state index contributed by atoms with van der Waals surface area (Å²) in [7, 11) is 1.86. The quantitative estimate of drug-likeness (QED) is 0.777. The van der Waals surface area contributed by atoms with Crippen LogP contribution in [0.3, 0.4) is 0 Å². The number of rotatable bonds is 1. The van der Waals surface area contributed by atoms with Gasteiger partial charge in [-0.05, 0) is 32.9 Å². The second-order valence-electron chi connectivity index (χ2n) is 5.91. The van der Waals surface area contributed by atoms with Gasteiger partial charge in [0.1, 0.15) is 12.2 Å². The first kappa shape index (κ1) is 15.8. The molecule has 0 fully saturated rings. The number of thiol groups is 1. The fourth-order valence-electron chi connectivity index (χ4n) is 2.00. The lowest BCUT2D eigenvalue weighted by Gasteiger charge is -2.29. The minimum absolute atomic E-state index is 0.270. The van der Waals surface area contributed by atoms with Crippen LogP contribution in [0.5, 0.6) is 5.75 Å². The topological polar surface area (TPSA) is 63.7 Å². The number of carbonyl (C=O) groups is 1. The van der Waals surface area contributed by atoms with Crippen molar-refractivity contribution >= 4 is 24.5 Å². The van der Waals surface area contributed by atoms with E-state index in [2.05, 4.69) is 22.9 Å². The molecule has 2 atom stereocenters. The summed E-state index contributed by atoms with van der Waals surface area (Å²) in [6, 6.07) is 3.33. The number of likely N-dealkylation sites (N-methyl/N-ethyl adjacent to an activating group) is 1. The number of pyridine rings is 1. The monoisotopic (exact) mass is 311 g/mol. The molecule has 1 aromatic rings. The van der Waals surface area contributed by atoms with Crippen molar-refractivity contribution in [1.29, 1.82) is 0 Å². The van der Waals surface area contributed by atoms with Crippen molar-refractivity contribution in [2.24, 2.45) is 0 Å².